The van der Waals surface area contributed by atoms with Crippen LogP contribution in [0.2, 0.25) is 0 Å². The molecule has 0 fully saturated rings. The van der Waals surface area contributed by atoms with Gasteiger partial charge in [0.1, 0.15) is 11.8 Å². The standard InChI is InChI=1S/C19H18F3N3O2/c1-12(17(26)23-11-13-7-9-14(27-2)10-8-13)25-16-6-4-3-5-15(16)24-18(25)19(20,21)22/h3-10,12H,11H2,1-2H3,(H,23,26)/t12-/m1/s1. The Hall–Kier alpha value is -3.03. The summed E-state index contributed by atoms with van der Waals surface area (Å²) in [6.07, 6.45) is -4.66. The Labute approximate surface area is 153 Å². The lowest BCUT2D eigenvalue weighted by Gasteiger charge is -2.18. The van der Waals surface area contributed by atoms with Gasteiger partial charge in [-0.25, -0.2) is 4.98 Å². The number of hydrogen-bond donors (Lipinski definition) is 1. The topological polar surface area (TPSA) is 56.1 Å². The average Bonchev–Trinajstić information content (AvgIpc) is 3.06. The number of carbonyl (C=O) groups excluding carboxylic acids is 1. The molecular formula is C19H18F3N3O2. The lowest BCUT2D eigenvalue weighted by Crippen LogP contribution is -2.32. The summed E-state index contributed by atoms with van der Waals surface area (Å²) in [4.78, 5) is 16.2. The number of nitrogens with zero attached hydrogens (tertiary/aromatic N) is 2. The molecule has 1 aromatic heterocycles. The quantitative estimate of drug-likeness (QED) is 0.733. The number of nitrogens with one attached hydrogen (secondary N) is 1. The minimum Gasteiger partial charge on any atom is -0.497 e. The fourth-order valence-electron chi connectivity index (χ4n) is 2.83. The predicted molar refractivity (Wildman–Crippen MR) is 94.3 cm³/mol. The SMILES string of the molecule is COc1ccc(CNC(=O)[C@@H](C)n2c(C(F)(F)F)nc3ccccc32)cc1. The number of alkyl halides is 3. The van der Waals surface area contributed by atoms with Crippen LogP contribution in [0.4, 0.5) is 13.2 Å². The molecule has 0 unspecified atom stereocenters. The molecule has 0 aliphatic heterocycles. The Bertz CT molecular complexity index is 949. The van der Waals surface area contributed by atoms with Crippen molar-refractivity contribution in [3.8, 4) is 5.75 Å². The molecule has 1 N–H and O–H groups in total. The largest absolute Gasteiger partial charge is 0.497 e. The van der Waals surface area contributed by atoms with E-state index in [1.54, 1.807) is 43.5 Å². The summed E-state index contributed by atoms with van der Waals surface area (Å²) in [6.45, 7) is 1.62. The third kappa shape index (κ3) is 3.89. The fraction of sp³-hybridized carbons (Fsp3) is 0.263. The minimum absolute atomic E-state index is 0.194. The molecule has 0 aliphatic carbocycles. The van der Waals surface area contributed by atoms with E-state index in [0.29, 0.717) is 5.75 Å². The van der Waals surface area contributed by atoms with E-state index in [1.807, 2.05) is 0 Å². The van der Waals surface area contributed by atoms with Crippen LogP contribution in [0, 0.1) is 0 Å². The Balaban J connectivity index is 1.83. The maximum absolute atomic E-state index is 13.4. The summed E-state index contributed by atoms with van der Waals surface area (Å²) >= 11 is 0. The zero-order valence-corrected chi connectivity index (χ0v) is 14.7. The summed E-state index contributed by atoms with van der Waals surface area (Å²) in [5.41, 5.74) is 1.26. The van der Waals surface area contributed by atoms with Crippen LogP contribution < -0.4 is 10.1 Å². The first-order chi connectivity index (χ1) is 12.8. The highest BCUT2D eigenvalue weighted by atomic mass is 19.4. The van der Waals surface area contributed by atoms with Crippen LogP contribution >= 0.6 is 0 Å². The van der Waals surface area contributed by atoms with E-state index in [2.05, 4.69) is 10.3 Å². The number of hydrogen-bond acceptors (Lipinski definition) is 3. The average molecular weight is 377 g/mol. The van der Waals surface area contributed by atoms with Gasteiger partial charge in [-0.2, -0.15) is 13.2 Å². The molecular weight excluding hydrogens is 359 g/mol. The van der Waals surface area contributed by atoms with Crippen LogP contribution in [-0.4, -0.2) is 22.6 Å². The molecule has 0 bridgehead atoms. The normalized spacial score (nSPS) is 12.8. The number of aromatic nitrogens is 2. The van der Waals surface area contributed by atoms with Gasteiger partial charge in [0, 0.05) is 6.54 Å². The molecule has 27 heavy (non-hydrogen) atoms. The van der Waals surface area contributed by atoms with Crippen LogP contribution in [0.1, 0.15) is 24.4 Å². The molecule has 3 aromatic rings. The van der Waals surface area contributed by atoms with E-state index < -0.39 is 23.9 Å². The second-order valence-corrected chi connectivity index (χ2v) is 6.03. The van der Waals surface area contributed by atoms with Gasteiger partial charge in [-0.05, 0) is 36.8 Å². The lowest BCUT2D eigenvalue weighted by atomic mass is 10.2. The second kappa shape index (κ2) is 7.30. The van der Waals surface area contributed by atoms with Crippen molar-refractivity contribution in [3.05, 3.63) is 59.9 Å². The summed E-state index contributed by atoms with van der Waals surface area (Å²) in [7, 11) is 1.55. The van der Waals surface area contributed by atoms with E-state index in [0.717, 1.165) is 10.1 Å². The predicted octanol–water partition coefficient (Wildman–Crippen LogP) is 3.94. The number of halogens is 3. The van der Waals surface area contributed by atoms with Gasteiger partial charge >= 0.3 is 6.18 Å². The maximum atomic E-state index is 13.4. The van der Waals surface area contributed by atoms with Crippen LogP contribution in [0.3, 0.4) is 0 Å². The van der Waals surface area contributed by atoms with Crippen molar-refractivity contribution in [2.75, 3.05) is 7.11 Å². The molecule has 1 atom stereocenters. The zero-order chi connectivity index (χ0) is 19.6. The molecule has 0 spiro atoms. The van der Waals surface area contributed by atoms with Gasteiger partial charge in [0.05, 0.1) is 18.1 Å². The van der Waals surface area contributed by atoms with Crippen LogP contribution in [0.15, 0.2) is 48.5 Å². The number of carbonyl (C=O) groups is 1. The maximum Gasteiger partial charge on any atom is 0.449 e. The molecule has 0 radical (unpaired) electrons. The summed E-state index contributed by atoms with van der Waals surface area (Å²) < 4.78 is 46.2. The number of rotatable bonds is 5. The summed E-state index contributed by atoms with van der Waals surface area (Å²) in [6, 6.07) is 12.2. The number of imidazole rings is 1. The first kappa shape index (κ1) is 18.8. The van der Waals surface area contributed by atoms with Crippen molar-refractivity contribution >= 4 is 16.9 Å². The highest BCUT2D eigenvalue weighted by Gasteiger charge is 2.39. The number of benzene rings is 2. The first-order valence-electron chi connectivity index (χ1n) is 8.26. The van der Waals surface area contributed by atoms with Crippen LogP contribution in [0.5, 0.6) is 5.75 Å². The third-order valence-electron chi connectivity index (χ3n) is 4.24. The smallest absolute Gasteiger partial charge is 0.449 e. The third-order valence-corrected chi connectivity index (χ3v) is 4.24. The Morgan fingerprint density at radius 3 is 2.48 bits per heavy atom. The highest BCUT2D eigenvalue weighted by molar-refractivity contribution is 5.84. The summed E-state index contributed by atoms with van der Waals surface area (Å²) in [5.74, 6) is -0.937. The molecule has 3 rings (SSSR count). The Morgan fingerprint density at radius 2 is 1.85 bits per heavy atom. The van der Waals surface area contributed by atoms with E-state index in [-0.39, 0.29) is 17.6 Å². The molecule has 5 nitrogen and oxygen atoms in total. The van der Waals surface area contributed by atoms with Crippen molar-refractivity contribution in [2.45, 2.75) is 25.7 Å². The highest BCUT2D eigenvalue weighted by Crippen LogP contribution is 2.33. The van der Waals surface area contributed by atoms with Gasteiger partial charge in [-0.1, -0.05) is 24.3 Å². The zero-order valence-electron chi connectivity index (χ0n) is 14.7. The lowest BCUT2D eigenvalue weighted by molar-refractivity contribution is -0.148. The van der Waals surface area contributed by atoms with Crippen molar-refractivity contribution in [2.24, 2.45) is 0 Å². The molecule has 0 saturated heterocycles. The molecule has 0 aliphatic rings. The van der Waals surface area contributed by atoms with Crippen LogP contribution in [-0.2, 0) is 17.5 Å². The first-order valence-corrected chi connectivity index (χ1v) is 8.26. The van der Waals surface area contributed by atoms with Gasteiger partial charge in [0.25, 0.3) is 0 Å². The van der Waals surface area contributed by atoms with Crippen LogP contribution in [0.25, 0.3) is 11.0 Å². The Morgan fingerprint density at radius 1 is 1.19 bits per heavy atom. The van der Waals surface area contributed by atoms with E-state index in [1.165, 1.54) is 19.1 Å². The fourth-order valence-corrected chi connectivity index (χ4v) is 2.83. The molecule has 0 saturated carbocycles. The van der Waals surface area contributed by atoms with Gasteiger partial charge in [-0.3, -0.25) is 4.79 Å². The van der Waals surface area contributed by atoms with Crippen molar-refractivity contribution in [3.63, 3.8) is 0 Å². The van der Waals surface area contributed by atoms with Gasteiger partial charge in [-0.15, -0.1) is 0 Å². The number of fused-ring (bicyclic) bond motifs is 1. The van der Waals surface area contributed by atoms with Crippen molar-refractivity contribution < 1.29 is 22.7 Å². The van der Waals surface area contributed by atoms with E-state index >= 15 is 0 Å². The van der Waals surface area contributed by atoms with Gasteiger partial charge in [0.15, 0.2) is 0 Å². The number of para-hydroxylation sites is 2. The summed E-state index contributed by atoms with van der Waals surface area (Å²) in [5, 5.41) is 2.67. The van der Waals surface area contributed by atoms with Crippen molar-refractivity contribution in [1.82, 2.24) is 14.9 Å². The van der Waals surface area contributed by atoms with Gasteiger partial charge in [0.2, 0.25) is 11.7 Å². The Kier molecular flexibility index (Phi) is 5.07. The number of methoxy groups -OCH3 is 1. The van der Waals surface area contributed by atoms with Gasteiger partial charge < -0.3 is 14.6 Å². The molecule has 8 heteroatoms. The number of amides is 1. The molecule has 2 aromatic carbocycles. The second-order valence-electron chi connectivity index (χ2n) is 6.03. The molecule has 142 valence electrons. The monoisotopic (exact) mass is 377 g/mol. The minimum atomic E-state index is -4.66. The van der Waals surface area contributed by atoms with Crippen molar-refractivity contribution in [1.29, 1.82) is 0 Å². The molecule has 1 heterocycles. The molecule has 1 amide bonds. The van der Waals surface area contributed by atoms with E-state index in [4.69, 9.17) is 4.74 Å². The van der Waals surface area contributed by atoms with E-state index in [9.17, 15) is 18.0 Å². The number of ether oxygens (including phenoxy) is 1.